The summed E-state index contributed by atoms with van der Waals surface area (Å²) in [4.78, 5) is 12.5. The third-order valence-electron chi connectivity index (χ3n) is 14.9. The Morgan fingerprint density at radius 3 is 0.870 bits per heavy atom. The second-order valence-electron chi connectivity index (χ2n) is 21.8. The number of carbonyl (C=O) groups is 1. The third kappa shape index (κ3) is 57.4. The molecule has 0 spiro atoms. The highest BCUT2D eigenvalue weighted by Crippen LogP contribution is 2.18. The van der Waals surface area contributed by atoms with Crippen LogP contribution in [0.5, 0.6) is 0 Å². The van der Waals surface area contributed by atoms with Gasteiger partial charge in [0.05, 0.1) is 18.8 Å². The fraction of sp³-hybridized carbons (Fsp3) is 0.892. The molecule has 2 unspecified atom stereocenters. The Labute approximate surface area is 433 Å². The van der Waals surface area contributed by atoms with Crippen LogP contribution in [0.1, 0.15) is 354 Å². The van der Waals surface area contributed by atoms with Crippen molar-refractivity contribution in [3.8, 4) is 0 Å². The highest BCUT2D eigenvalue weighted by molar-refractivity contribution is 5.76. The minimum absolute atomic E-state index is 0.0570. The van der Waals surface area contributed by atoms with Crippen LogP contribution in [-0.4, -0.2) is 34.9 Å². The number of aliphatic hydroxyl groups is 2. The van der Waals surface area contributed by atoms with E-state index in [9.17, 15) is 15.0 Å². The van der Waals surface area contributed by atoms with Crippen LogP contribution in [0.4, 0.5) is 0 Å². The van der Waals surface area contributed by atoms with Gasteiger partial charge in [-0.1, -0.05) is 333 Å². The average Bonchev–Trinajstić information content (AvgIpc) is 3.35. The van der Waals surface area contributed by atoms with E-state index >= 15 is 0 Å². The molecule has 2 atom stereocenters. The molecule has 0 saturated heterocycles. The summed E-state index contributed by atoms with van der Waals surface area (Å²) < 4.78 is 0. The molecule has 0 heterocycles. The summed E-state index contributed by atoms with van der Waals surface area (Å²) in [6.07, 6.45) is 83.4. The first-order valence-electron chi connectivity index (χ1n) is 31.7. The predicted molar refractivity (Wildman–Crippen MR) is 308 cm³/mol. The molecule has 3 N–H and O–H groups in total. The molecular weight excluding hydrogens is 843 g/mol. The molecule has 0 fully saturated rings. The fourth-order valence-electron chi connectivity index (χ4n) is 10.0. The molecule has 0 aliphatic heterocycles. The SMILES string of the molecule is CCCCCCC/C=C\C/C=C\CCCCCCCCCCCCCCCCCCCCCC(=O)NC(CO)C(O)/C=C/CCCCCCCCCCCCCCCCCCCCCCCCCC. The van der Waals surface area contributed by atoms with Crippen LogP contribution >= 0.6 is 0 Å². The normalized spacial score (nSPS) is 12.9. The minimum Gasteiger partial charge on any atom is -0.394 e. The lowest BCUT2D eigenvalue weighted by Crippen LogP contribution is -2.45. The molecule has 4 heteroatoms. The van der Waals surface area contributed by atoms with Crippen molar-refractivity contribution in [3.05, 3.63) is 36.5 Å². The second kappa shape index (κ2) is 60.9. The van der Waals surface area contributed by atoms with Crippen molar-refractivity contribution < 1.29 is 15.0 Å². The van der Waals surface area contributed by atoms with E-state index in [1.807, 2.05) is 6.08 Å². The largest absolute Gasteiger partial charge is 0.394 e. The first-order chi connectivity index (χ1) is 34.2. The van der Waals surface area contributed by atoms with Crippen molar-refractivity contribution in [2.24, 2.45) is 0 Å². The molecule has 69 heavy (non-hydrogen) atoms. The van der Waals surface area contributed by atoms with Crippen LogP contribution in [0, 0.1) is 0 Å². The highest BCUT2D eigenvalue weighted by atomic mass is 16.3. The topological polar surface area (TPSA) is 69.6 Å². The van der Waals surface area contributed by atoms with Crippen molar-refractivity contribution in [1.82, 2.24) is 5.32 Å². The first kappa shape index (κ1) is 67.6. The van der Waals surface area contributed by atoms with E-state index in [-0.39, 0.29) is 12.5 Å². The molecule has 408 valence electrons. The van der Waals surface area contributed by atoms with E-state index in [2.05, 4.69) is 43.5 Å². The molecule has 0 aliphatic carbocycles. The number of allylic oxidation sites excluding steroid dienone is 5. The van der Waals surface area contributed by atoms with Crippen LogP contribution in [-0.2, 0) is 4.79 Å². The van der Waals surface area contributed by atoms with Crippen LogP contribution in [0.2, 0.25) is 0 Å². The summed E-state index contributed by atoms with van der Waals surface area (Å²) in [5, 5.41) is 23.3. The maximum absolute atomic E-state index is 12.5. The van der Waals surface area contributed by atoms with Gasteiger partial charge in [-0.15, -0.1) is 0 Å². The minimum atomic E-state index is -0.839. The van der Waals surface area contributed by atoms with E-state index in [0.717, 1.165) is 32.1 Å². The van der Waals surface area contributed by atoms with Gasteiger partial charge in [-0.2, -0.15) is 0 Å². The first-order valence-corrected chi connectivity index (χ1v) is 31.7. The summed E-state index contributed by atoms with van der Waals surface area (Å²) >= 11 is 0. The maximum Gasteiger partial charge on any atom is 0.220 e. The van der Waals surface area contributed by atoms with Gasteiger partial charge in [0, 0.05) is 6.42 Å². The summed E-state index contributed by atoms with van der Waals surface area (Å²) in [7, 11) is 0. The van der Waals surface area contributed by atoms with E-state index in [1.54, 1.807) is 6.08 Å². The lowest BCUT2D eigenvalue weighted by Gasteiger charge is -2.20. The lowest BCUT2D eigenvalue weighted by molar-refractivity contribution is -0.123. The number of aliphatic hydroxyl groups excluding tert-OH is 2. The van der Waals surface area contributed by atoms with Gasteiger partial charge in [0.15, 0.2) is 0 Å². The molecule has 0 saturated carbocycles. The number of carbonyl (C=O) groups excluding carboxylic acids is 1. The van der Waals surface area contributed by atoms with Crippen LogP contribution < -0.4 is 5.32 Å². The molecule has 0 radical (unpaired) electrons. The van der Waals surface area contributed by atoms with E-state index in [4.69, 9.17) is 0 Å². The van der Waals surface area contributed by atoms with Gasteiger partial charge in [0.25, 0.3) is 0 Å². The van der Waals surface area contributed by atoms with Gasteiger partial charge < -0.3 is 15.5 Å². The number of amides is 1. The van der Waals surface area contributed by atoms with Crippen molar-refractivity contribution in [1.29, 1.82) is 0 Å². The van der Waals surface area contributed by atoms with Gasteiger partial charge >= 0.3 is 0 Å². The zero-order chi connectivity index (χ0) is 49.9. The number of nitrogens with one attached hydrogen (secondary N) is 1. The Morgan fingerprint density at radius 2 is 0.594 bits per heavy atom. The Bertz CT molecular complexity index is 1050. The molecule has 4 nitrogen and oxygen atoms in total. The van der Waals surface area contributed by atoms with Crippen molar-refractivity contribution in [2.75, 3.05) is 6.61 Å². The third-order valence-corrected chi connectivity index (χ3v) is 14.9. The van der Waals surface area contributed by atoms with E-state index < -0.39 is 12.1 Å². The Morgan fingerprint density at radius 1 is 0.348 bits per heavy atom. The molecule has 0 bridgehead atoms. The average molecular weight is 969 g/mol. The number of rotatable bonds is 59. The molecule has 0 aromatic heterocycles. The maximum atomic E-state index is 12.5. The Balaban J connectivity index is 3.44. The van der Waals surface area contributed by atoms with E-state index in [0.29, 0.717) is 6.42 Å². The molecule has 1 amide bonds. The molecule has 0 aromatic carbocycles. The number of unbranched alkanes of at least 4 members (excludes halogenated alkanes) is 48. The zero-order valence-corrected chi connectivity index (χ0v) is 47.1. The summed E-state index contributed by atoms with van der Waals surface area (Å²) in [6, 6.07) is -0.622. The molecule has 0 aliphatic rings. The Kier molecular flexibility index (Phi) is 59.7. The summed E-state index contributed by atoms with van der Waals surface area (Å²) in [5.41, 5.74) is 0. The lowest BCUT2D eigenvalue weighted by atomic mass is 10.0. The summed E-state index contributed by atoms with van der Waals surface area (Å²) in [5.74, 6) is -0.0570. The van der Waals surface area contributed by atoms with Crippen molar-refractivity contribution in [3.63, 3.8) is 0 Å². The van der Waals surface area contributed by atoms with Crippen LogP contribution in [0.15, 0.2) is 36.5 Å². The Hall–Kier alpha value is -1.39. The highest BCUT2D eigenvalue weighted by Gasteiger charge is 2.18. The second-order valence-corrected chi connectivity index (χ2v) is 21.8. The van der Waals surface area contributed by atoms with Gasteiger partial charge in [-0.3, -0.25) is 4.79 Å². The number of hydrogen-bond donors (Lipinski definition) is 3. The van der Waals surface area contributed by atoms with Gasteiger partial charge in [-0.05, 0) is 51.4 Å². The number of hydrogen-bond acceptors (Lipinski definition) is 3. The van der Waals surface area contributed by atoms with Crippen LogP contribution in [0.3, 0.4) is 0 Å². The van der Waals surface area contributed by atoms with E-state index in [1.165, 1.54) is 302 Å². The monoisotopic (exact) mass is 968 g/mol. The standard InChI is InChI=1S/C65H125NO3/c1-3-5-7-9-11-13-15-17-19-21-23-25-27-29-31-32-33-34-35-37-39-41-43-45-47-49-51-53-55-57-59-61-65(69)66-63(62-67)64(68)60-58-56-54-52-50-48-46-44-42-40-38-36-30-28-26-24-22-20-18-16-14-12-10-8-6-4-2/h15,17,21,23,58,60,63-64,67-68H,3-14,16,18-20,22,24-57,59,61-62H2,1-2H3,(H,66,69)/b17-15-,23-21-,60-58+. The molecule has 0 rings (SSSR count). The van der Waals surface area contributed by atoms with Crippen molar-refractivity contribution in [2.45, 2.75) is 366 Å². The van der Waals surface area contributed by atoms with Gasteiger partial charge in [0.2, 0.25) is 5.91 Å². The van der Waals surface area contributed by atoms with Crippen molar-refractivity contribution >= 4 is 5.91 Å². The zero-order valence-electron chi connectivity index (χ0n) is 47.1. The molecule has 0 aromatic rings. The predicted octanol–water partition coefficient (Wildman–Crippen LogP) is 21.2. The fourth-order valence-corrected chi connectivity index (χ4v) is 10.0. The van der Waals surface area contributed by atoms with Gasteiger partial charge in [-0.25, -0.2) is 0 Å². The quantitative estimate of drug-likeness (QED) is 0.0420. The van der Waals surface area contributed by atoms with Gasteiger partial charge in [0.1, 0.15) is 0 Å². The molecular formula is C65H125NO3. The van der Waals surface area contributed by atoms with Crippen LogP contribution in [0.25, 0.3) is 0 Å². The summed E-state index contributed by atoms with van der Waals surface area (Å²) in [6.45, 7) is 4.34. The smallest absolute Gasteiger partial charge is 0.220 e.